The van der Waals surface area contributed by atoms with Crippen LogP contribution in [0.5, 0.6) is 0 Å². The third-order valence-electron chi connectivity index (χ3n) is 3.66. The van der Waals surface area contributed by atoms with Gasteiger partial charge in [-0.1, -0.05) is 19.9 Å². The highest BCUT2D eigenvalue weighted by Gasteiger charge is 2.22. The molecule has 2 amide bonds. The third-order valence-corrected chi connectivity index (χ3v) is 3.66. The monoisotopic (exact) mass is 303 g/mol. The average molecular weight is 304 g/mol. The largest absolute Gasteiger partial charge is 0.346 e. The zero-order valence-electron chi connectivity index (χ0n) is 12.3. The van der Waals surface area contributed by atoms with Gasteiger partial charge in [0.15, 0.2) is 0 Å². The molecule has 20 heavy (non-hydrogen) atoms. The fourth-order valence-electron chi connectivity index (χ4n) is 2.08. The highest BCUT2D eigenvalue weighted by Crippen LogP contribution is 2.17. The van der Waals surface area contributed by atoms with Crippen LogP contribution in [-0.4, -0.2) is 42.4 Å². The fraction of sp³-hybridized carbons (Fsp3) is 0.714. The number of halogens is 1. The molecule has 1 rings (SSSR count). The summed E-state index contributed by atoms with van der Waals surface area (Å²) in [5.74, 6) is 0.280. The number of carbonyl (C=O) groups is 2. The Balaban J connectivity index is 0.00000361. The number of carbonyl (C=O) groups excluding carboxylic acids is 2. The number of nitrogens with zero attached hydrogens (tertiary/aromatic N) is 1. The molecule has 1 atom stereocenters. The number of nitrogens with two attached hydrogens (primary N) is 1. The molecule has 0 aliphatic carbocycles. The van der Waals surface area contributed by atoms with E-state index in [1.54, 1.807) is 4.90 Å². The van der Waals surface area contributed by atoms with E-state index in [1.165, 1.54) is 0 Å². The number of amides is 2. The van der Waals surface area contributed by atoms with Gasteiger partial charge in [0.2, 0.25) is 11.8 Å². The summed E-state index contributed by atoms with van der Waals surface area (Å²) in [6.45, 7) is 9.05. The maximum absolute atomic E-state index is 11.9. The smallest absolute Gasteiger partial charge is 0.241 e. The summed E-state index contributed by atoms with van der Waals surface area (Å²) in [4.78, 5) is 25.4. The van der Waals surface area contributed by atoms with Crippen molar-refractivity contribution < 1.29 is 9.59 Å². The number of piperidine rings is 1. The summed E-state index contributed by atoms with van der Waals surface area (Å²) in [6.07, 6.45) is 3.86. The van der Waals surface area contributed by atoms with Gasteiger partial charge in [0.25, 0.3) is 0 Å². The first kappa shape index (κ1) is 18.9. The van der Waals surface area contributed by atoms with Crippen LogP contribution in [0.25, 0.3) is 0 Å². The molecule has 3 N–H and O–H groups in total. The van der Waals surface area contributed by atoms with Gasteiger partial charge in [-0.15, -0.1) is 19.0 Å². The lowest BCUT2D eigenvalue weighted by molar-refractivity contribution is -0.134. The summed E-state index contributed by atoms with van der Waals surface area (Å²) in [5.41, 5.74) is 5.71. The Morgan fingerprint density at radius 1 is 1.40 bits per heavy atom. The van der Waals surface area contributed by atoms with Crippen LogP contribution < -0.4 is 11.1 Å². The first-order valence-corrected chi connectivity index (χ1v) is 6.89. The van der Waals surface area contributed by atoms with Crippen molar-refractivity contribution in [2.75, 3.05) is 19.6 Å². The Labute approximate surface area is 127 Å². The molecular formula is C14H26ClN3O2. The van der Waals surface area contributed by atoms with E-state index in [0.717, 1.165) is 25.9 Å². The predicted octanol–water partition coefficient (Wildman–Crippen LogP) is 0.932. The van der Waals surface area contributed by atoms with Crippen LogP contribution in [0.1, 0.15) is 26.7 Å². The van der Waals surface area contributed by atoms with E-state index >= 15 is 0 Å². The molecule has 0 radical (unpaired) electrons. The van der Waals surface area contributed by atoms with E-state index in [4.69, 9.17) is 5.73 Å². The normalized spacial score (nSPS) is 17.3. The minimum absolute atomic E-state index is 0. The van der Waals surface area contributed by atoms with Crippen molar-refractivity contribution in [2.24, 2.45) is 17.6 Å². The molecule has 0 saturated carbocycles. The number of rotatable bonds is 5. The molecule has 0 aromatic rings. The van der Waals surface area contributed by atoms with Gasteiger partial charge in [-0.2, -0.15) is 0 Å². The molecule has 1 saturated heterocycles. The minimum atomic E-state index is -0.556. The van der Waals surface area contributed by atoms with E-state index in [9.17, 15) is 9.59 Å². The van der Waals surface area contributed by atoms with Crippen LogP contribution in [0.4, 0.5) is 0 Å². The maximum Gasteiger partial charge on any atom is 0.241 e. The van der Waals surface area contributed by atoms with E-state index in [1.807, 2.05) is 19.9 Å². The topological polar surface area (TPSA) is 75.4 Å². The molecule has 0 aromatic heterocycles. The van der Waals surface area contributed by atoms with Crippen LogP contribution >= 0.6 is 12.4 Å². The molecule has 6 heteroatoms. The Hall–Kier alpha value is -1.07. The Morgan fingerprint density at radius 3 is 2.40 bits per heavy atom. The lowest BCUT2D eigenvalue weighted by Gasteiger charge is -2.30. The van der Waals surface area contributed by atoms with Gasteiger partial charge in [0.1, 0.15) is 0 Å². The van der Waals surface area contributed by atoms with Crippen LogP contribution in [-0.2, 0) is 9.59 Å². The van der Waals surface area contributed by atoms with Crippen molar-refractivity contribution in [3.05, 3.63) is 12.7 Å². The van der Waals surface area contributed by atoms with Crippen molar-refractivity contribution in [1.29, 1.82) is 0 Å². The molecule has 0 unspecified atom stereocenters. The average Bonchev–Trinajstić information content (AvgIpc) is 2.43. The van der Waals surface area contributed by atoms with Gasteiger partial charge in [0, 0.05) is 13.1 Å². The van der Waals surface area contributed by atoms with E-state index < -0.39 is 6.04 Å². The van der Waals surface area contributed by atoms with E-state index in [2.05, 4.69) is 11.9 Å². The SMILES string of the molecule is C=CC1CCN(C(=O)CNC(=O)[C@@H](N)C(C)C)CC1.Cl. The Kier molecular flexibility index (Phi) is 8.49. The van der Waals surface area contributed by atoms with Crippen molar-refractivity contribution in [3.8, 4) is 0 Å². The second-order valence-electron chi connectivity index (χ2n) is 5.44. The minimum Gasteiger partial charge on any atom is -0.346 e. The quantitative estimate of drug-likeness (QED) is 0.742. The highest BCUT2D eigenvalue weighted by molar-refractivity contribution is 5.87. The third kappa shape index (κ3) is 5.51. The van der Waals surface area contributed by atoms with Crippen LogP contribution in [0.2, 0.25) is 0 Å². The number of hydrogen-bond donors (Lipinski definition) is 2. The van der Waals surface area contributed by atoms with E-state index in [0.29, 0.717) is 5.92 Å². The Bertz CT molecular complexity index is 339. The molecule has 0 aromatic carbocycles. The summed E-state index contributed by atoms with van der Waals surface area (Å²) in [7, 11) is 0. The maximum atomic E-state index is 11.9. The first-order chi connectivity index (χ1) is 8.95. The van der Waals surface area contributed by atoms with Gasteiger partial charge in [0.05, 0.1) is 12.6 Å². The van der Waals surface area contributed by atoms with E-state index in [-0.39, 0.29) is 36.7 Å². The van der Waals surface area contributed by atoms with Gasteiger partial charge >= 0.3 is 0 Å². The molecular weight excluding hydrogens is 278 g/mol. The molecule has 0 spiro atoms. The number of allylic oxidation sites excluding steroid dienone is 1. The van der Waals surface area contributed by atoms with Crippen LogP contribution in [0.15, 0.2) is 12.7 Å². The summed E-state index contributed by atoms with van der Waals surface area (Å²) in [5, 5.41) is 2.61. The molecule has 0 bridgehead atoms. The van der Waals surface area contributed by atoms with Gasteiger partial charge < -0.3 is 16.0 Å². The van der Waals surface area contributed by atoms with Crippen molar-refractivity contribution >= 4 is 24.2 Å². The number of nitrogens with one attached hydrogen (secondary N) is 1. The van der Waals surface area contributed by atoms with Crippen LogP contribution in [0.3, 0.4) is 0 Å². The van der Waals surface area contributed by atoms with Crippen molar-refractivity contribution in [1.82, 2.24) is 10.2 Å². The summed E-state index contributed by atoms with van der Waals surface area (Å²) in [6, 6.07) is -0.556. The van der Waals surface area contributed by atoms with Gasteiger partial charge in [-0.3, -0.25) is 9.59 Å². The first-order valence-electron chi connectivity index (χ1n) is 6.89. The standard InChI is InChI=1S/C14H25N3O2.ClH/c1-4-11-5-7-17(8-6-11)12(18)9-16-14(19)13(15)10(2)3;/h4,10-11,13H,1,5-9,15H2,2-3H3,(H,16,19);1H/t13-;/m0./s1. The van der Waals surface area contributed by atoms with Crippen molar-refractivity contribution in [3.63, 3.8) is 0 Å². The predicted molar refractivity (Wildman–Crippen MR) is 82.6 cm³/mol. The molecule has 1 heterocycles. The summed E-state index contributed by atoms with van der Waals surface area (Å²) < 4.78 is 0. The van der Waals surface area contributed by atoms with Gasteiger partial charge in [-0.05, 0) is 24.7 Å². The zero-order valence-corrected chi connectivity index (χ0v) is 13.1. The molecule has 1 fully saturated rings. The highest BCUT2D eigenvalue weighted by atomic mass is 35.5. The molecule has 1 aliphatic heterocycles. The lowest BCUT2D eigenvalue weighted by atomic mass is 9.97. The molecule has 1 aliphatic rings. The number of likely N-dealkylation sites (tertiary alicyclic amines) is 1. The zero-order chi connectivity index (χ0) is 14.4. The fourth-order valence-corrected chi connectivity index (χ4v) is 2.08. The Morgan fingerprint density at radius 2 is 1.95 bits per heavy atom. The molecule has 5 nitrogen and oxygen atoms in total. The lowest BCUT2D eigenvalue weighted by Crippen LogP contribution is -2.49. The van der Waals surface area contributed by atoms with Crippen LogP contribution in [0, 0.1) is 11.8 Å². The number of hydrogen-bond acceptors (Lipinski definition) is 3. The second kappa shape index (κ2) is 8.97. The summed E-state index contributed by atoms with van der Waals surface area (Å²) >= 11 is 0. The van der Waals surface area contributed by atoms with Gasteiger partial charge in [-0.25, -0.2) is 0 Å². The van der Waals surface area contributed by atoms with Crippen molar-refractivity contribution in [2.45, 2.75) is 32.7 Å². The second-order valence-corrected chi connectivity index (χ2v) is 5.44. The molecule has 116 valence electrons.